The van der Waals surface area contributed by atoms with Gasteiger partial charge in [-0.3, -0.25) is 0 Å². The highest BCUT2D eigenvalue weighted by molar-refractivity contribution is 5.65. The molecule has 0 aromatic heterocycles. The van der Waals surface area contributed by atoms with Gasteiger partial charge >= 0.3 is 6.09 Å². The third kappa shape index (κ3) is 2.68. The fraction of sp³-hybridized carbons (Fsp3) is 0.833. The van der Waals surface area contributed by atoms with Gasteiger partial charge in [0.15, 0.2) is 0 Å². The summed E-state index contributed by atoms with van der Waals surface area (Å²) in [5.74, 6) is 0.0867. The van der Waals surface area contributed by atoms with E-state index in [0.717, 1.165) is 0 Å². The molecular weight excluding hydrogens is 132 g/mol. The van der Waals surface area contributed by atoms with Crippen molar-refractivity contribution in [2.45, 2.75) is 26.4 Å². The summed E-state index contributed by atoms with van der Waals surface area (Å²) < 4.78 is 0. The van der Waals surface area contributed by atoms with Crippen LogP contribution in [0.25, 0.3) is 0 Å². The Morgan fingerprint density at radius 2 is 2.10 bits per heavy atom. The van der Waals surface area contributed by atoms with Crippen LogP contribution in [-0.2, 0) is 0 Å². The highest BCUT2D eigenvalue weighted by Gasteiger charge is 2.24. The molecule has 10 heavy (non-hydrogen) atoms. The van der Waals surface area contributed by atoms with Crippen molar-refractivity contribution in [3.8, 4) is 0 Å². The first kappa shape index (κ1) is 9.23. The van der Waals surface area contributed by atoms with Crippen molar-refractivity contribution in [3.63, 3.8) is 0 Å². The molecule has 4 nitrogen and oxygen atoms in total. The molecule has 1 atom stereocenters. The Morgan fingerprint density at radius 1 is 1.70 bits per heavy atom. The van der Waals surface area contributed by atoms with Crippen LogP contribution in [-0.4, -0.2) is 16.9 Å². The first-order valence-electron chi connectivity index (χ1n) is 3.16. The molecule has 0 saturated heterocycles. The SMILES string of the molecule is CC(C)C(C)(N)NC(=O)O. The summed E-state index contributed by atoms with van der Waals surface area (Å²) in [7, 11) is 0. The van der Waals surface area contributed by atoms with Gasteiger partial charge in [0, 0.05) is 0 Å². The first-order valence-corrected chi connectivity index (χ1v) is 3.16. The molecule has 0 spiro atoms. The van der Waals surface area contributed by atoms with E-state index in [2.05, 4.69) is 5.32 Å². The Balaban J connectivity index is 3.99. The second-order valence-corrected chi connectivity index (χ2v) is 2.87. The normalized spacial score (nSPS) is 16.5. The Morgan fingerprint density at radius 3 is 2.20 bits per heavy atom. The van der Waals surface area contributed by atoms with Crippen molar-refractivity contribution >= 4 is 6.09 Å². The quantitative estimate of drug-likeness (QED) is 0.499. The first-order chi connectivity index (χ1) is 4.36. The molecule has 0 aromatic rings. The Bertz CT molecular complexity index is 132. The molecule has 1 amide bonds. The van der Waals surface area contributed by atoms with E-state index in [4.69, 9.17) is 10.8 Å². The lowest BCUT2D eigenvalue weighted by Crippen LogP contribution is -2.56. The predicted molar refractivity (Wildman–Crippen MR) is 38.6 cm³/mol. The summed E-state index contributed by atoms with van der Waals surface area (Å²) in [4.78, 5) is 10.1. The summed E-state index contributed by atoms with van der Waals surface area (Å²) in [6.45, 7) is 5.36. The summed E-state index contributed by atoms with van der Waals surface area (Å²) in [5.41, 5.74) is 4.74. The second-order valence-electron chi connectivity index (χ2n) is 2.87. The van der Waals surface area contributed by atoms with Gasteiger partial charge in [0.05, 0.1) is 5.66 Å². The maximum Gasteiger partial charge on any atom is 0.406 e. The van der Waals surface area contributed by atoms with Gasteiger partial charge in [-0.25, -0.2) is 4.79 Å². The number of carbonyl (C=O) groups is 1. The van der Waals surface area contributed by atoms with E-state index in [1.807, 2.05) is 13.8 Å². The van der Waals surface area contributed by atoms with Crippen LogP contribution in [0.4, 0.5) is 4.79 Å². The zero-order chi connectivity index (χ0) is 8.36. The van der Waals surface area contributed by atoms with Gasteiger partial charge in [0.25, 0.3) is 0 Å². The fourth-order valence-corrected chi connectivity index (χ4v) is 0.375. The molecule has 0 aliphatic heterocycles. The topological polar surface area (TPSA) is 75.3 Å². The molecule has 0 bridgehead atoms. The van der Waals surface area contributed by atoms with E-state index in [1.165, 1.54) is 0 Å². The van der Waals surface area contributed by atoms with Crippen LogP contribution in [0.5, 0.6) is 0 Å². The fourth-order valence-electron chi connectivity index (χ4n) is 0.375. The van der Waals surface area contributed by atoms with Gasteiger partial charge in [-0.05, 0) is 12.8 Å². The molecule has 0 aliphatic carbocycles. The molecule has 0 heterocycles. The van der Waals surface area contributed by atoms with Crippen LogP contribution < -0.4 is 11.1 Å². The van der Waals surface area contributed by atoms with Crippen molar-refractivity contribution in [1.82, 2.24) is 5.32 Å². The van der Waals surface area contributed by atoms with E-state index < -0.39 is 11.8 Å². The molecule has 0 aliphatic rings. The van der Waals surface area contributed by atoms with E-state index in [1.54, 1.807) is 6.92 Å². The van der Waals surface area contributed by atoms with Gasteiger partial charge in [0.1, 0.15) is 0 Å². The minimum absolute atomic E-state index is 0.0867. The monoisotopic (exact) mass is 146 g/mol. The standard InChI is InChI=1S/C6H14N2O2/c1-4(2)6(3,7)8-5(9)10/h4,8H,7H2,1-3H3,(H,9,10). The lowest BCUT2D eigenvalue weighted by atomic mass is 10.00. The maximum atomic E-state index is 10.1. The molecule has 4 heteroatoms. The van der Waals surface area contributed by atoms with E-state index in [0.29, 0.717) is 0 Å². The van der Waals surface area contributed by atoms with Crippen LogP contribution in [0.2, 0.25) is 0 Å². The van der Waals surface area contributed by atoms with Gasteiger partial charge in [-0.15, -0.1) is 0 Å². The number of nitrogens with two attached hydrogens (primary N) is 1. The largest absolute Gasteiger partial charge is 0.465 e. The Hall–Kier alpha value is -0.770. The summed E-state index contributed by atoms with van der Waals surface area (Å²) >= 11 is 0. The number of nitrogens with one attached hydrogen (secondary N) is 1. The molecular formula is C6H14N2O2. The molecule has 0 rings (SSSR count). The van der Waals surface area contributed by atoms with Crippen LogP contribution in [0.15, 0.2) is 0 Å². The van der Waals surface area contributed by atoms with Gasteiger partial charge in [-0.1, -0.05) is 13.8 Å². The van der Waals surface area contributed by atoms with Crippen LogP contribution in [0.3, 0.4) is 0 Å². The van der Waals surface area contributed by atoms with Crippen molar-refractivity contribution in [3.05, 3.63) is 0 Å². The Kier molecular flexibility index (Phi) is 2.65. The minimum atomic E-state index is -1.08. The van der Waals surface area contributed by atoms with Gasteiger partial charge < -0.3 is 16.2 Å². The summed E-state index contributed by atoms with van der Waals surface area (Å²) in [5, 5.41) is 10.5. The van der Waals surface area contributed by atoms with Gasteiger partial charge in [-0.2, -0.15) is 0 Å². The number of amides is 1. The lowest BCUT2D eigenvalue weighted by Gasteiger charge is -2.28. The third-order valence-electron chi connectivity index (χ3n) is 1.58. The van der Waals surface area contributed by atoms with Gasteiger partial charge in [0.2, 0.25) is 0 Å². The van der Waals surface area contributed by atoms with E-state index >= 15 is 0 Å². The average molecular weight is 146 g/mol. The predicted octanol–water partition coefficient (Wildman–Crippen LogP) is 0.585. The highest BCUT2D eigenvalue weighted by Crippen LogP contribution is 2.07. The van der Waals surface area contributed by atoms with Crippen molar-refractivity contribution in [1.29, 1.82) is 0 Å². The second kappa shape index (κ2) is 2.88. The molecule has 0 radical (unpaired) electrons. The molecule has 1 unspecified atom stereocenters. The molecule has 4 N–H and O–H groups in total. The number of rotatable bonds is 2. The molecule has 60 valence electrons. The Labute approximate surface area is 60.4 Å². The molecule has 0 saturated carbocycles. The van der Waals surface area contributed by atoms with Crippen LogP contribution in [0, 0.1) is 5.92 Å². The zero-order valence-corrected chi connectivity index (χ0v) is 6.51. The van der Waals surface area contributed by atoms with E-state index in [9.17, 15) is 4.79 Å². The number of hydrogen-bond donors (Lipinski definition) is 3. The maximum absolute atomic E-state index is 10.1. The van der Waals surface area contributed by atoms with Crippen molar-refractivity contribution in [2.75, 3.05) is 0 Å². The average Bonchev–Trinajstić information content (AvgIpc) is 1.60. The van der Waals surface area contributed by atoms with E-state index in [-0.39, 0.29) is 5.92 Å². The molecule has 0 aromatic carbocycles. The van der Waals surface area contributed by atoms with Crippen molar-refractivity contribution < 1.29 is 9.90 Å². The summed E-state index contributed by atoms with van der Waals surface area (Å²) in [6.07, 6.45) is -1.08. The smallest absolute Gasteiger partial charge is 0.406 e. The van der Waals surface area contributed by atoms with Crippen LogP contribution >= 0.6 is 0 Å². The third-order valence-corrected chi connectivity index (χ3v) is 1.58. The zero-order valence-electron chi connectivity index (χ0n) is 6.51. The summed E-state index contributed by atoms with van der Waals surface area (Å²) in [6, 6.07) is 0. The van der Waals surface area contributed by atoms with Crippen molar-refractivity contribution in [2.24, 2.45) is 11.7 Å². The minimum Gasteiger partial charge on any atom is -0.465 e. The lowest BCUT2D eigenvalue weighted by molar-refractivity contribution is 0.169. The number of hydrogen-bond acceptors (Lipinski definition) is 2. The highest BCUT2D eigenvalue weighted by atomic mass is 16.4. The number of carboxylic acid groups (broad SMARTS) is 1. The van der Waals surface area contributed by atoms with Crippen LogP contribution in [0.1, 0.15) is 20.8 Å². The molecule has 0 fully saturated rings.